The zero-order valence-corrected chi connectivity index (χ0v) is 44.9. The maximum atomic E-state index is 8.05. The molecule has 0 saturated heterocycles. The molecule has 2 atom stereocenters. The van der Waals surface area contributed by atoms with Crippen LogP contribution < -0.4 is 0 Å². The first-order valence-electron chi connectivity index (χ1n) is 22.9. The van der Waals surface area contributed by atoms with Crippen molar-refractivity contribution in [1.29, 1.82) is 0 Å². The van der Waals surface area contributed by atoms with Crippen molar-refractivity contribution >= 4 is 77.3 Å². The van der Waals surface area contributed by atoms with Gasteiger partial charge >= 0.3 is 394 Å². The molecule has 2 fully saturated rings. The molecular weight excluding hydrogens is 1000 g/mol. The summed E-state index contributed by atoms with van der Waals surface area (Å²) in [6, 6.07) is 44.8. The molecule has 6 aromatic carbocycles. The van der Waals surface area contributed by atoms with Crippen LogP contribution in [-0.2, 0) is 35.8 Å². The third-order valence-electron chi connectivity index (χ3n) is 15.8. The number of benzene rings is 6. The fourth-order valence-electron chi connectivity index (χ4n) is 12.0. The summed E-state index contributed by atoms with van der Waals surface area (Å²) >= 11 is -7.72. The van der Waals surface area contributed by atoms with Crippen LogP contribution in [-0.4, -0.2) is 9.52 Å². The van der Waals surface area contributed by atoms with Gasteiger partial charge in [-0.25, -0.2) is 0 Å². The first-order valence-corrected chi connectivity index (χ1v) is 43.9. The average molecular weight is 1060 g/mol. The number of rotatable bonds is 14. The van der Waals surface area contributed by atoms with Crippen LogP contribution in [0.4, 0.5) is 0 Å². The van der Waals surface area contributed by atoms with Gasteiger partial charge in [-0.15, -0.1) is 0 Å². The third-order valence-corrected chi connectivity index (χ3v) is 59.0. The van der Waals surface area contributed by atoms with Gasteiger partial charge < -0.3 is 0 Å². The summed E-state index contributed by atoms with van der Waals surface area (Å²) in [4.78, 5) is 0. The second kappa shape index (κ2) is 17.4. The summed E-state index contributed by atoms with van der Waals surface area (Å²) in [5.74, 6) is 0. The fourth-order valence-corrected chi connectivity index (χ4v) is 56.6. The summed E-state index contributed by atoms with van der Waals surface area (Å²) in [5.41, 5.74) is 14.4. The summed E-state index contributed by atoms with van der Waals surface area (Å²) in [6.07, 6.45) is 17.6. The predicted octanol–water partition coefficient (Wildman–Crippen LogP) is 17.7. The molecule has 6 aromatic rings. The summed E-state index contributed by atoms with van der Waals surface area (Å²) in [6.45, 7) is 4.78. The first-order chi connectivity index (χ1) is 29.5. The number of hydrogen-bond donors (Lipinski definition) is 0. The molecule has 0 spiro atoms. The van der Waals surface area contributed by atoms with E-state index in [9.17, 15) is 0 Å². The van der Waals surface area contributed by atoms with E-state index in [1.54, 1.807) is 0 Å². The van der Waals surface area contributed by atoms with Gasteiger partial charge in [-0.1, -0.05) is 0 Å². The number of allylic oxidation sites excluding steroid dienone is 2. The Morgan fingerprint density at radius 1 is 0.492 bits per heavy atom. The Morgan fingerprint density at radius 3 is 1.26 bits per heavy atom. The van der Waals surface area contributed by atoms with Crippen molar-refractivity contribution < 1.29 is 35.8 Å². The minimum absolute atomic E-state index is 0.156. The normalized spacial score (nSPS) is 20.4. The summed E-state index contributed by atoms with van der Waals surface area (Å²) in [7, 11) is 31.5. The van der Waals surface area contributed by atoms with Gasteiger partial charge in [-0.05, 0) is 0 Å². The average Bonchev–Trinajstić information content (AvgIpc) is 3.82. The molecule has 0 bridgehead atoms. The second-order valence-electron chi connectivity index (χ2n) is 19.1. The van der Waals surface area contributed by atoms with Crippen LogP contribution in [0.2, 0.25) is 7.50 Å². The van der Waals surface area contributed by atoms with Crippen molar-refractivity contribution in [2.45, 2.75) is 92.8 Å². The Kier molecular flexibility index (Phi) is 12.3. The molecule has 61 heavy (non-hydrogen) atoms. The van der Waals surface area contributed by atoms with Crippen LogP contribution in [0.25, 0.3) is 56.0 Å². The van der Waals surface area contributed by atoms with Gasteiger partial charge in [0.25, 0.3) is 0 Å². The third kappa shape index (κ3) is 8.02. The molecule has 0 aromatic heterocycles. The van der Waals surface area contributed by atoms with Crippen LogP contribution in [0.15, 0.2) is 132 Å². The molecule has 0 nitrogen and oxygen atoms in total. The van der Waals surface area contributed by atoms with E-state index in [2.05, 4.69) is 147 Å². The predicted molar refractivity (Wildman–Crippen MR) is 264 cm³/mol. The molecule has 4 aliphatic rings. The van der Waals surface area contributed by atoms with Gasteiger partial charge in [-0.3, -0.25) is 0 Å². The van der Waals surface area contributed by atoms with Crippen molar-refractivity contribution in [1.82, 2.24) is 0 Å². The molecule has 0 radical (unpaired) electrons. The van der Waals surface area contributed by atoms with E-state index in [-0.39, 0.29) is 7.25 Å². The van der Waals surface area contributed by atoms with Crippen molar-refractivity contribution in [3.8, 4) is 22.3 Å². The molecule has 10 rings (SSSR count). The molecule has 4 aliphatic carbocycles. The van der Waals surface area contributed by atoms with Gasteiger partial charge in [0.15, 0.2) is 0 Å². The number of halogens is 4. The first kappa shape index (κ1) is 43.4. The van der Waals surface area contributed by atoms with Gasteiger partial charge in [0, 0.05) is 0 Å². The van der Waals surface area contributed by atoms with Gasteiger partial charge in [0.05, 0.1) is 0 Å². The molecule has 312 valence electrons. The van der Waals surface area contributed by atoms with E-state index in [1.807, 2.05) is 0 Å². The zero-order valence-electron chi connectivity index (χ0n) is 35.6. The number of fused-ring (bicyclic) bond motifs is 4. The monoisotopic (exact) mass is 1050 g/mol. The topological polar surface area (TPSA) is 0 Å². The van der Waals surface area contributed by atoms with E-state index >= 15 is 0 Å². The summed E-state index contributed by atoms with van der Waals surface area (Å²) < 4.78 is 2.29. The molecule has 2 saturated carbocycles. The number of hydrogen-bond acceptors (Lipinski definition) is 0. The van der Waals surface area contributed by atoms with E-state index in [0.29, 0.717) is 10.8 Å². The van der Waals surface area contributed by atoms with Crippen molar-refractivity contribution in [2.24, 2.45) is 10.8 Å². The van der Waals surface area contributed by atoms with Crippen LogP contribution in [0.1, 0.15) is 108 Å². The summed E-state index contributed by atoms with van der Waals surface area (Å²) in [5, 5.41) is 5.13. The van der Waals surface area contributed by atoms with Gasteiger partial charge in [0.2, 0.25) is 0 Å². The molecule has 0 amide bonds. The Bertz CT molecular complexity index is 2500. The van der Waals surface area contributed by atoms with Crippen molar-refractivity contribution in [3.05, 3.63) is 155 Å². The molecule has 0 aliphatic heterocycles. The molecule has 0 N–H and O–H groups in total. The van der Waals surface area contributed by atoms with E-state index in [4.69, 9.17) is 34.1 Å². The Hall–Kier alpha value is -1.54. The molecule has 0 heterocycles. The SMILES string of the molecule is CCC1(CC2=Cc3c(-c4cccc5ccccc45)cccc3[CH]2[Zr]([Cl])([Cl])[CH2][SiH2][CH2][Zr]([Cl])([Cl])[CH]2C(CC3(CC)CCC3)=Cc3c(-c4cccc5ccccc45)cccc32)CCC1. The van der Waals surface area contributed by atoms with E-state index < -0.39 is 45.3 Å². The van der Waals surface area contributed by atoms with E-state index in [1.165, 1.54) is 129 Å². The molecule has 7 heteroatoms. The maximum absolute atomic E-state index is 8.05. The van der Waals surface area contributed by atoms with Gasteiger partial charge in [0.1, 0.15) is 0 Å². The standard InChI is InChI=1S/2C26H25.C2H6Si.4ClH.2Zr/c2*1-2-26(14-7-15-26)18-19-16-21-10-6-13-24(25(21)17-19)23-12-5-9-20-8-3-4-11-22(20)23;1-3-2;;;;;;/h2*3-6,8-13,16-17H,2,7,14-15,18H2,1H3;1-3H2;4*1H;;/q;;;;;;;2*+2/p-4. The Balaban J connectivity index is 0.970. The Morgan fingerprint density at radius 2 is 0.869 bits per heavy atom. The quantitative estimate of drug-likeness (QED) is 0.0954. The van der Waals surface area contributed by atoms with Crippen LogP contribution in [0, 0.1) is 10.8 Å². The van der Waals surface area contributed by atoms with Gasteiger partial charge in [-0.2, -0.15) is 0 Å². The minimum atomic E-state index is -3.86. The zero-order chi connectivity index (χ0) is 42.0. The van der Waals surface area contributed by atoms with Crippen LogP contribution in [0.5, 0.6) is 0 Å². The van der Waals surface area contributed by atoms with E-state index in [0.717, 1.165) is 20.3 Å². The fraction of sp³-hybridized carbons (Fsp3) is 0.333. The van der Waals surface area contributed by atoms with Crippen LogP contribution >= 0.6 is 34.1 Å². The second-order valence-corrected chi connectivity index (χ2v) is 56.8. The van der Waals surface area contributed by atoms with Crippen molar-refractivity contribution in [2.75, 3.05) is 0 Å². The molecular formula is C54H56Cl4SiZr2. The van der Waals surface area contributed by atoms with Crippen molar-refractivity contribution in [3.63, 3.8) is 0 Å². The molecule has 2 unspecified atom stereocenters. The Labute approximate surface area is 389 Å². The van der Waals surface area contributed by atoms with Crippen LogP contribution in [0.3, 0.4) is 0 Å².